The maximum atomic E-state index is 11.5. The molecule has 1 N–H and O–H groups in total. The third-order valence-electron chi connectivity index (χ3n) is 2.94. The van der Waals surface area contributed by atoms with E-state index in [1.54, 1.807) is 25.1 Å². The van der Waals surface area contributed by atoms with E-state index in [2.05, 4.69) is 25.8 Å². The van der Waals surface area contributed by atoms with E-state index in [-0.39, 0.29) is 0 Å². The summed E-state index contributed by atoms with van der Waals surface area (Å²) in [7, 11) is -3.37. The van der Waals surface area contributed by atoms with Crippen LogP contribution in [-0.4, -0.2) is 20.4 Å². The summed E-state index contributed by atoms with van der Waals surface area (Å²) in [6, 6.07) is 14.9. The van der Waals surface area contributed by atoms with Crippen molar-refractivity contribution < 1.29 is 13.3 Å². The molecule has 0 radical (unpaired) electrons. The van der Waals surface area contributed by atoms with E-state index >= 15 is 0 Å². The average Bonchev–Trinajstić information content (AvgIpc) is 2.49. The Balaban J connectivity index is 2.18. The van der Waals surface area contributed by atoms with Crippen LogP contribution in [0.5, 0.6) is 0 Å². The Labute approximate surface area is 144 Å². The highest BCUT2D eigenvalue weighted by molar-refractivity contribution is 9.10. The molecule has 122 valence electrons. The van der Waals surface area contributed by atoms with Gasteiger partial charge in [-0.15, -0.1) is 0 Å². The zero-order valence-electron chi connectivity index (χ0n) is 12.8. The maximum Gasteiger partial charge on any atom is 0.229 e. The van der Waals surface area contributed by atoms with E-state index in [9.17, 15) is 8.42 Å². The van der Waals surface area contributed by atoms with E-state index in [1.807, 2.05) is 30.3 Å². The molecule has 0 aliphatic rings. The summed E-state index contributed by atoms with van der Waals surface area (Å²) < 4.78 is 26.2. The van der Waals surface area contributed by atoms with Gasteiger partial charge in [0.25, 0.3) is 0 Å². The number of nitrogens with zero attached hydrogens (tertiary/aromatic N) is 1. The molecule has 0 saturated heterocycles. The summed E-state index contributed by atoms with van der Waals surface area (Å²) in [4.78, 5) is 5.36. The topological polar surface area (TPSA) is 67.8 Å². The number of benzene rings is 2. The zero-order chi connectivity index (χ0) is 16.9. The monoisotopic (exact) mass is 396 g/mol. The van der Waals surface area contributed by atoms with Crippen LogP contribution < -0.4 is 4.72 Å². The Morgan fingerprint density at radius 2 is 1.91 bits per heavy atom. The number of halogens is 1. The van der Waals surface area contributed by atoms with Crippen LogP contribution in [-0.2, 0) is 21.5 Å². The minimum Gasteiger partial charge on any atom is -0.391 e. The van der Waals surface area contributed by atoms with Gasteiger partial charge in [0, 0.05) is 10.0 Å². The van der Waals surface area contributed by atoms with E-state index in [0.717, 1.165) is 16.3 Å². The van der Waals surface area contributed by atoms with Gasteiger partial charge < -0.3 is 4.84 Å². The Kier molecular flexibility index (Phi) is 5.79. The van der Waals surface area contributed by atoms with Crippen molar-refractivity contribution in [3.05, 3.63) is 64.1 Å². The molecule has 5 nitrogen and oxygen atoms in total. The largest absolute Gasteiger partial charge is 0.391 e. The molecule has 7 heteroatoms. The van der Waals surface area contributed by atoms with Crippen LogP contribution in [0.15, 0.2) is 58.2 Å². The van der Waals surface area contributed by atoms with Crippen molar-refractivity contribution in [2.24, 2.45) is 5.16 Å². The van der Waals surface area contributed by atoms with Crippen molar-refractivity contribution in [1.29, 1.82) is 0 Å². The number of sulfonamides is 1. The Bertz CT molecular complexity index is 805. The molecular weight excluding hydrogens is 380 g/mol. The molecule has 0 fully saturated rings. The van der Waals surface area contributed by atoms with Crippen molar-refractivity contribution in [3.63, 3.8) is 0 Å². The van der Waals surface area contributed by atoms with E-state index in [0.29, 0.717) is 23.6 Å². The van der Waals surface area contributed by atoms with Gasteiger partial charge in [0.2, 0.25) is 10.0 Å². The van der Waals surface area contributed by atoms with Gasteiger partial charge in [0.1, 0.15) is 6.61 Å². The normalized spacial score (nSPS) is 12.0. The molecule has 0 aliphatic carbocycles. The second-order valence-corrected chi connectivity index (χ2v) is 7.66. The number of rotatable bonds is 6. The quantitative estimate of drug-likeness (QED) is 0.596. The van der Waals surface area contributed by atoms with E-state index in [1.165, 1.54) is 0 Å². The number of hydrogen-bond acceptors (Lipinski definition) is 4. The van der Waals surface area contributed by atoms with E-state index < -0.39 is 10.0 Å². The van der Waals surface area contributed by atoms with Crippen LogP contribution in [0.2, 0.25) is 0 Å². The molecule has 2 aromatic rings. The lowest BCUT2D eigenvalue weighted by Gasteiger charge is -2.11. The fourth-order valence-corrected chi connectivity index (χ4v) is 2.87. The Hall–Kier alpha value is -1.86. The third kappa shape index (κ3) is 5.69. The van der Waals surface area contributed by atoms with Gasteiger partial charge in [-0.05, 0) is 30.7 Å². The van der Waals surface area contributed by atoms with Gasteiger partial charge in [0.15, 0.2) is 0 Å². The molecule has 0 unspecified atom stereocenters. The van der Waals surface area contributed by atoms with Gasteiger partial charge >= 0.3 is 0 Å². The molecule has 0 saturated carbocycles. The zero-order valence-corrected chi connectivity index (χ0v) is 15.2. The summed E-state index contributed by atoms with van der Waals surface area (Å²) in [6.45, 7) is 2.11. The van der Waals surface area contributed by atoms with Gasteiger partial charge in [-0.3, -0.25) is 4.72 Å². The van der Waals surface area contributed by atoms with Gasteiger partial charge in [-0.25, -0.2) is 8.42 Å². The first kappa shape index (κ1) is 17.5. The van der Waals surface area contributed by atoms with Crippen LogP contribution in [0.1, 0.15) is 18.1 Å². The first-order valence-electron chi connectivity index (χ1n) is 6.83. The molecule has 23 heavy (non-hydrogen) atoms. The summed E-state index contributed by atoms with van der Waals surface area (Å²) in [5.74, 6) is 0. The molecule has 0 bridgehead atoms. The van der Waals surface area contributed by atoms with Crippen LogP contribution in [0.3, 0.4) is 0 Å². The van der Waals surface area contributed by atoms with Gasteiger partial charge in [-0.2, -0.15) is 0 Å². The predicted molar refractivity (Wildman–Crippen MR) is 96.1 cm³/mol. The Morgan fingerprint density at radius 1 is 1.22 bits per heavy atom. The minimum atomic E-state index is -3.37. The molecule has 2 aromatic carbocycles. The molecule has 0 heterocycles. The van der Waals surface area contributed by atoms with Gasteiger partial charge in [-0.1, -0.05) is 51.4 Å². The summed E-state index contributed by atoms with van der Waals surface area (Å²) in [6.07, 6.45) is 1.11. The fraction of sp³-hybridized carbons (Fsp3) is 0.188. The number of hydrogen-bond donors (Lipinski definition) is 1. The molecule has 0 amide bonds. The molecule has 0 atom stereocenters. The van der Waals surface area contributed by atoms with Crippen molar-refractivity contribution in [1.82, 2.24) is 0 Å². The van der Waals surface area contributed by atoms with Gasteiger partial charge in [0.05, 0.1) is 17.7 Å². The van der Waals surface area contributed by atoms with Crippen LogP contribution >= 0.6 is 15.9 Å². The summed E-state index contributed by atoms with van der Waals surface area (Å²) >= 11 is 3.38. The second kappa shape index (κ2) is 7.61. The lowest BCUT2D eigenvalue weighted by Crippen LogP contribution is -2.13. The van der Waals surface area contributed by atoms with Crippen LogP contribution in [0.25, 0.3) is 0 Å². The van der Waals surface area contributed by atoms with Crippen molar-refractivity contribution in [2.45, 2.75) is 13.5 Å². The van der Waals surface area contributed by atoms with Crippen LogP contribution in [0, 0.1) is 0 Å². The lowest BCUT2D eigenvalue weighted by molar-refractivity contribution is 0.130. The maximum absolute atomic E-state index is 11.5. The number of nitrogens with one attached hydrogen (secondary N) is 1. The molecule has 0 spiro atoms. The highest BCUT2D eigenvalue weighted by Crippen LogP contribution is 2.23. The smallest absolute Gasteiger partial charge is 0.229 e. The first-order chi connectivity index (χ1) is 10.8. The molecular formula is C16H17BrN2O3S. The van der Waals surface area contributed by atoms with Crippen molar-refractivity contribution in [2.75, 3.05) is 11.0 Å². The second-order valence-electron chi connectivity index (χ2n) is 5.00. The average molecular weight is 397 g/mol. The minimum absolute atomic E-state index is 0.348. The van der Waals surface area contributed by atoms with Crippen molar-refractivity contribution >= 4 is 37.4 Å². The Morgan fingerprint density at radius 3 is 2.57 bits per heavy atom. The number of anilines is 1. The molecule has 2 rings (SSSR count). The van der Waals surface area contributed by atoms with E-state index in [4.69, 9.17) is 4.84 Å². The summed E-state index contributed by atoms with van der Waals surface area (Å²) in [5, 5.41) is 4.08. The third-order valence-corrected chi connectivity index (χ3v) is 4.03. The SMILES string of the molecule is C/C(=N\OCc1ccccc1)c1cc(Br)ccc1NS(C)(=O)=O. The number of oxime groups is 1. The molecule has 0 aliphatic heterocycles. The highest BCUT2D eigenvalue weighted by Gasteiger charge is 2.11. The summed E-state index contributed by atoms with van der Waals surface area (Å²) in [5.41, 5.74) is 2.69. The highest BCUT2D eigenvalue weighted by atomic mass is 79.9. The lowest BCUT2D eigenvalue weighted by atomic mass is 10.1. The molecule has 0 aromatic heterocycles. The predicted octanol–water partition coefficient (Wildman–Crippen LogP) is 3.76. The first-order valence-corrected chi connectivity index (χ1v) is 9.52. The van der Waals surface area contributed by atoms with Crippen LogP contribution in [0.4, 0.5) is 5.69 Å². The fourth-order valence-electron chi connectivity index (χ4n) is 1.93. The van der Waals surface area contributed by atoms with Crippen molar-refractivity contribution in [3.8, 4) is 0 Å². The standard InChI is InChI=1S/C16H17BrN2O3S/c1-12(18-22-11-13-6-4-3-5-7-13)15-10-14(17)8-9-16(15)19-23(2,20)21/h3-10,19H,11H2,1-2H3/b18-12+.